The van der Waals surface area contributed by atoms with Gasteiger partial charge in [0.15, 0.2) is 0 Å². The van der Waals surface area contributed by atoms with Gasteiger partial charge in [0.2, 0.25) is 0 Å². The number of likely N-dealkylation sites (tertiary alicyclic amines) is 1. The molecule has 2 saturated heterocycles. The second-order valence-corrected chi connectivity index (χ2v) is 6.84. The average Bonchev–Trinajstić information content (AvgIpc) is 2.22. The third-order valence-electron chi connectivity index (χ3n) is 3.78. The van der Waals surface area contributed by atoms with Crippen molar-refractivity contribution in [2.75, 3.05) is 19.6 Å². The second kappa shape index (κ2) is 4.79. The molecular weight excluding hydrogens is 273 g/mol. The Morgan fingerprint density at radius 3 is 2.40 bits per heavy atom. The molecule has 1 N–H and O–H groups in total. The first-order chi connectivity index (χ1) is 9.01. The number of carbonyl (C=O) groups excluding carboxylic acids is 1. The molecule has 2 rings (SSSR count). The number of rotatable bonds is 0. The fraction of sp³-hybridized carbons (Fsp3) is 0.923. The lowest BCUT2D eigenvalue weighted by atomic mass is 9.70. The lowest BCUT2D eigenvalue weighted by molar-refractivity contribution is -0.178. The second-order valence-electron chi connectivity index (χ2n) is 6.84. The summed E-state index contributed by atoms with van der Waals surface area (Å²) in [5, 5.41) is 2.51. The summed E-state index contributed by atoms with van der Waals surface area (Å²) in [6.45, 7) is 6.36. The predicted octanol–water partition coefficient (Wildman–Crippen LogP) is 2.54. The van der Waals surface area contributed by atoms with Crippen LogP contribution in [0.3, 0.4) is 0 Å². The Labute approximate surface area is 116 Å². The molecule has 0 aromatic rings. The van der Waals surface area contributed by atoms with Crippen molar-refractivity contribution >= 4 is 6.09 Å². The third kappa shape index (κ3) is 3.37. The van der Waals surface area contributed by atoms with Crippen molar-refractivity contribution in [3.05, 3.63) is 0 Å². The monoisotopic (exact) mass is 294 g/mol. The maximum Gasteiger partial charge on any atom is 0.410 e. The molecule has 2 heterocycles. The summed E-state index contributed by atoms with van der Waals surface area (Å²) in [6, 6.07) is -1.46. The van der Waals surface area contributed by atoms with E-state index in [1.165, 1.54) is 4.90 Å². The van der Waals surface area contributed by atoms with E-state index in [2.05, 4.69) is 5.32 Å². The highest BCUT2D eigenvalue weighted by Gasteiger charge is 2.53. The normalized spacial score (nSPS) is 26.3. The van der Waals surface area contributed by atoms with E-state index in [0.29, 0.717) is 26.1 Å². The summed E-state index contributed by atoms with van der Waals surface area (Å²) in [5.41, 5.74) is -0.981. The molecule has 2 aliphatic heterocycles. The molecule has 1 atom stereocenters. The number of piperidine rings is 1. The van der Waals surface area contributed by atoms with Crippen LogP contribution in [0.5, 0.6) is 0 Å². The summed E-state index contributed by atoms with van der Waals surface area (Å²) in [7, 11) is 0. The molecule has 7 heteroatoms. The zero-order valence-corrected chi connectivity index (χ0v) is 12.0. The number of ether oxygens (including phenoxy) is 1. The number of nitrogens with zero attached hydrogens (tertiary/aromatic N) is 1. The quantitative estimate of drug-likeness (QED) is 0.746. The molecule has 0 radical (unpaired) electrons. The van der Waals surface area contributed by atoms with Gasteiger partial charge < -0.3 is 15.0 Å². The molecule has 2 aliphatic rings. The Balaban J connectivity index is 1.89. The first-order valence-electron chi connectivity index (χ1n) is 6.79. The van der Waals surface area contributed by atoms with Gasteiger partial charge in [-0.05, 0) is 40.2 Å². The van der Waals surface area contributed by atoms with E-state index in [9.17, 15) is 18.0 Å². The van der Waals surface area contributed by atoms with E-state index in [4.69, 9.17) is 4.74 Å². The molecular formula is C13H21F3N2O2. The minimum Gasteiger partial charge on any atom is -0.444 e. The first-order valence-corrected chi connectivity index (χ1v) is 6.79. The van der Waals surface area contributed by atoms with E-state index in [-0.39, 0.29) is 6.42 Å². The Morgan fingerprint density at radius 1 is 1.30 bits per heavy atom. The van der Waals surface area contributed by atoms with E-state index in [1.54, 1.807) is 20.8 Å². The largest absolute Gasteiger partial charge is 0.444 e. The Kier molecular flexibility index (Phi) is 3.69. The van der Waals surface area contributed by atoms with Crippen LogP contribution < -0.4 is 5.32 Å². The molecule has 0 aliphatic carbocycles. The number of alkyl halides is 3. The van der Waals surface area contributed by atoms with E-state index < -0.39 is 29.3 Å². The highest BCUT2D eigenvalue weighted by atomic mass is 19.4. The van der Waals surface area contributed by atoms with Crippen molar-refractivity contribution in [2.24, 2.45) is 5.41 Å². The topological polar surface area (TPSA) is 41.6 Å². The molecule has 0 unspecified atom stereocenters. The lowest BCUT2D eigenvalue weighted by Crippen LogP contribution is -2.65. The van der Waals surface area contributed by atoms with Crippen LogP contribution in [0.15, 0.2) is 0 Å². The highest BCUT2D eigenvalue weighted by molar-refractivity contribution is 5.69. The van der Waals surface area contributed by atoms with Gasteiger partial charge >= 0.3 is 12.3 Å². The molecule has 4 nitrogen and oxygen atoms in total. The van der Waals surface area contributed by atoms with Crippen LogP contribution in [0.2, 0.25) is 0 Å². The number of carbonyl (C=O) groups is 1. The Morgan fingerprint density at radius 2 is 1.90 bits per heavy atom. The molecule has 1 amide bonds. The van der Waals surface area contributed by atoms with Gasteiger partial charge in [0.05, 0.1) is 0 Å². The van der Waals surface area contributed by atoms with Crippen LogP contribution in [-0.2, 0) is 4.74 Å². The van der Waals surface area contributed by atoms with Crippen molar-refractivity contribution in [2.45, 2.75) is 51.4 Å². The van der Waals surface area contributed by atoms with Gasteiger partial charge in [-0.1, -0.05) is 0 Å². The van der Waals surface area contributed by atoms with Crippen LogP contribution in [0.1, 0.15) is 33.6 Å². The molecule has 2 fully saturated rings. The number of amides is 1. The zero-order chi connectivity index (χ0) is 15.2. The molecule has 20 heavy (non-hydrogen) atoms. The summed E-state index contributed by atoms with van der Waals surface area (Å²) >= 11 is 0. The summed E-state index contributed by atoms with van der Waals surface area (Å²) in [6.07, 6.45) is -3.96. The number of hydrogen-bond acceptors (Lipinski definition) is 3. The molecule has 0 bridgehead atoms. The van der Waals surface area contributed by atoms with Crippen molar-refractivity contribution in [3.8, 4) is 0 Å². The Bertz CT molecular complexity index is 384. The van der Waals surface area contributed by atoms with E-state index in [1.807, 2.05) is 0 Å². The van der Waals surface area contributed by atoms with Gasteiger partial charge in [-0.2, -0.15) is 13.2 Å². The van der Waals surface area contributed by atoms with Gasteiger partial charge in [-0.3, -0.25) is 0 Å². The smallest absolute Gasteiger partial charge is 0.410 e. The predicted molar refractivity (Wildman–Crippen MR) is 67.3 cm³/mol. The van der Waals surface area contributed by atoms with Gasteiger partial charge in [0, 0.05) is 18.5 Å². The van der Waals surface area contributed by atoms with Gasteiger partial charge in [-0.25, -0.2) is 4.79 Å². The van der Waals surface area contributed by atoms with E-state index in [0.717, 1.165) is 0 Å². The molecule has 116 valence electrons. The maximum absolute atomic E-state index is 12.8. The van der Waals surface area contributed by atoms with Gasteiger partial charge in [0.1, 0.15) is 11.6 Å². The zero-order valence-electron chi connectivity index (χ0n) is 12.0. The lowest BCUT2D eigenvalue weighted by Gasteiger charge is -2.53. The fourth-order valence-corrected chi connectivity index (χ4v) is 2.86. The summed E-state index contributed by atoms with van der Waals surface area (Å²) in [5.74, 6) is 0. The van der Waals surface area contributed by atoms with Gasteiger partial charge in [0.25, 0.3) is 0 Å². The summed E-state index contributed by atoms with van der Waals surface area (Å²) < 4.78 is 43.5. The van der Waals surface area contributed by atoms with Gasteiger partial charge in [-0.15, -0.1) is 0 Å². The van der Waals surface area contributed by atoms with Crippen LogP contribution in [0.4, 0.5) is 18.0 Å². The average molecular weight is 294 g/mol. The standard InChI is InChI=1S/C13H21F3N2O2/c1-11(2,3)20-10(19)18-7-12(8-18)4-5-17-9(6-12)13(14,15)16/h9,17H,4-8H2,1-3H3/t9-/m0/s1. The minimum atomic E-state index is -4.22. The molecule has 0 aromatic heterocycles. The number of nitrogens with one attached hydrogen (secondary N) is 1. The molecule has 0 aromatic carbocycles. The molecule has 1 spiro atoms. The van der Waals surface area contributed by atoms with E-state index >= 15 is 0 Å². The van der Waals surface area contributed by atoms with Crippen molar-refractivity contribution < 1.29 is 22.7 Å². The number of halogens is 3. The Hall–Kier alpha value is -0.980. The van der Waals surface area contributed by atoms with Crippen molar-refractivity contribution in [1.82, 2.24) is 10.2 Å². The fourth-order valence-electron chi connectivity index (χ4n) is 2.86. The van der Waals surface area contributed by atoms with Crippen LogP contribution in [-0.4, -0.2) is 48.4 Å². The minimum absolute atomic E-state index is 0.0375. The highest BCUT2D eigenvalue weighted by Crippen LogP contribution is 2.43. The van der Waals surface area contributed by atoms with Crippen LogP contribution in [0, 0.1) is 5.41 Å². The maximum atomic E-state index is 12.8. The first kappa shape index (κ1) is 15.4. The van der Waals surface area contributed by atoms with Crippen LogP contribution in [0.25, 0.3) is 0 Å². The van der Waals surface area contributed by atoms with Crippen LogP contribution >= 0.6 is 0 Å². The molecule has 0 saturated carbocycles. The third-order valence-corrected chi connectivity index (χ3v) is 3.78. The van der Waals surface area contributed by atoms with Crippen molar-refractivity contribution in [1.29, 1.82) is 0 Å². The number of hydrogen-bond donors (Lipinski definition) is 1. The SMILES string of the molecule is CC(C)(C)OC(=O)N1CC2(CCN[C@H](C(F)(F)F)C2)C1. The summed E-state index contributed by atoms with van der Waals surface area (Å²) in [4.78, 5) is 13.3. The van der Waals surface area contributed by atoms with Crippen molar-refractivity contribution in [3.63, 3.8) is 0 Å².